The molecule has 13 aliphatic rings. The van der Waals surface area contributed by atoms with Crippen LogP contribution in [-0.2, 0) is 35.3 Å². The number of aliphatic hydroxyl groups excluding tert-OH is 2. The van der Waals surface area contributed by atoms with E-state index in [0.717, 1.165) is 107 Å². The number of guanidine groups is 1. The van der Waals surface area contributed by atoms with Crippen LogP contribution in [0.3, 0.4) is 0 Å². The molecule has 17 unspecified atom stereocenters. The molecule has 0 aromatic heterocycles. The summed E-state index contributed by atoms with van der Waals surface area (Å²) in [5.74, 6) is 6.91. The Labute approximate surface area is 521 Å². The largest absolute Gasteiger partial charge is 0.504 e. The molecule has 1 saturated heterocycles. The van der Waals surface area contributed by atoms with Crippen molar-refractivity contribution in [2.24, 2.45) is 80.6 Å². The van der Waals surface area contributed by atoms with E-state index in [0.29, 0.717) is 95.8 Å². The number of phenols is 1. The topological polar surface area (TPSA) is 229 Å². The van der Waals surface area contributed by atoms with Crippen molar-refractivity contribution in [1.29, 1.82) is 0 Å². The number of aryl methyl sites for hydroxylation is 2. The zero-order valence-electron chi connectivity index (χ0n) is 51.7. The number of nitrogens with one attached hydrogen (secondary N) is 5. The van der Waals surface area contributed by atoms with Crippen LogP contribution in [0.5, 0.6) is 11.5 Å². The second-order valence-corrected chi connectivity index (χ2v) is 28.5. The number of allylic oxidation sites excluding steroid dienone is 3. The average molecular weight is 1190 g/mol. The highest BCUT2D eigenvalue weighted by atomic mass is 16.5. The standard InChI is InChI=1S/C74H94N8O6/c1-44(84)64-33-53-31-57-30-50-19-21-74(70(50)53)67-18-17-48(38-73(67,40-68(74)82-64)39-63-60-20-24-77-41-54(60)28-51-14-8-22-78-71(51)63)27-58(85)35-59(86)32-56(43-83)61-36-66(88-2)65(87)34-52(61)29-55-42-80-69(75)37-62(55)49(13-7-23-79-72(76)81-57)26-47-12-6-11-46(25-47)16-15-45-9-4-3-5-10-45/h3-6,8-12,14,25,32-34,36-37,42,44,48-51,54,57,60,63-64,67-71,77-78,80,82-84,87H,13,15-22,24,26-31,35,38-41,43,75H2,1-2H3,(H3,76,79,81). The van der Waals surface area contributed by atoms with Gasteiger partial charge in [0, 0.05) is 49.8 Å². The number of aromatic hydroxyl groups is 1. The van der Waals surface area contributed by atoms with Gasteiger partial charge in [-0.2, -0.15) is 4.99 Å². The van der Waals surface area contributed by atoms with Crippen LogP contribution in [0.4, 0.5) is 0 Å². The third-order valence-corrected chi connectivity index (χ3v) is 23.3. The van der Waals surface area contributed by atoms with Gasteiger partial charge in [-0.05, 0) is 249 Å². The van der Waals surface area contributed by atoms with E-state index < -0.39 is 18.9 Å². The summed E-state index contributed by atoms with van der Waals surface area (Å²) in [5.41, 5.74) is 22.1. The number of benzene rings is 3. The van der Waals surface area contributed by atoms with Gasteiger partial charge in [0.25, 0.3) is 0 Å². The van der Waals surface area contributed by atoms with Gasteiger partial charge in [-0.3, -0.25) is 9.59 Å². The van der Waals surface area contributed by atoms with Crippen molar-refractivity contribution in [3.05, 3.63) is 148 Å². The summed E-state index contributed by atoms with van der Waals surface area (Å²) < 4.78 is 5.66. The molecule has 16 rings (SSSR count). The molecule has 17 atom stereocenters. The number of carbonyl (C=O) groups is 2. The summed E-state index contributed by atoms with van der Waals surface area (Å²) in [7, 11) is 1.48. The van der Waals surface area contributed by atoms with Gasteiger partial charge < -0.3 is 58.1 Å². The van der Waals surface area contributed by atoms with Crippen molar-refractivity contribution in [2.45, 2.75) is 159 Å². The number of phenolic OH excluding ortho intramolecular Hbond substituents is 1. The number of hydrogen-bond donors (Lipinski definition) is 10. The molecule has 8 aliphatic heterocycles. The third-order valence-electron chi connectivity index (χ3n) is 23.3. The van der Waals surface area contributed by atoms with Crippen LogP contribution in [0.15, 0.2) is 125 Å². The first-order valence-electron chi connectivity index (χ1n) is 33.4. The van der Waals surface area contributed by atoms with Crippen LogP contribution in [-0.4, -0.2) is 103 Å². The zero-order valence-corrected chi connectivity index (χ0v) is 51.7. The maximum atomic E-state index is 14.7. The lowest BCUT2D eigenvalue weighted by atomic mass is 9.50. The van der Waals surface area contributed by atoms with Crippen molar-refractivity contribution in [1.82, 2.24) is 26.6 Å². The summed E-state index contributed by atoms with van der Waals surface area (Å²) >= 11 is 0. The van der Waals surface area contributed by atoms with Crippen LogP contribution < -0.4 is 42.8 Å². The normalized spacial score (nSPS) is 35.8. The quantitative estimate of drug-likeness (QED) is 0.0525. The summed E-state index contributed by atoms with van der Waals surface area (Å²) in [6.07, 6.45) is 26.4. The predicted molar refractivity (Wildman–Crippen MR) is 346 cm³/mol. The van der Waals surface area contributed by atoms with E-state index in [1.807, 2.05) is 25.3 Å². The van der Waals surface area contributed by atoms with Gasteiger partial charge in [0.05, 0.1) is 38.4 Å². The Hall–Kier alpha value is -6.31. The molecule has 5 saturated carbocycles. The number of carbonyl (C=O) groups excluding carboxylic acids is 2. The fourth-order valence-corrected chi connectivity index (χ4v) is 20.1. The van der Waals surface area contributed by atoms with Crippen molar-refractivity contribution in [2.75, 3.05) is 33.4 Å². The van der Waals surface area contributed by atoms with Crippen molar-refractivity contribution >= 4 is 23.1 Å². The number of ketones is 2. The molecular formula is C74H94N8O6. The van der Waals surface area contributed by atoms with Gasteiger partial charge >= 0.3 is 0 Å². The lowest BCUT2D eigenvalue weighted by molar-refractivity contribution is -0.126. The fourth-order valence-electron chi connectivity index (χ4n) is 20.1. The number of aliphatic hydroxyl groups is 2. The first kappa shape index (κ1) is 60.6. The van der Waals surface area contributed by atoms with Crippen LogP contribution in [0.25, 0.3) is 5.57 Å². The van der Waals surface area contributed by atoms with E-state index in [9.17, 15) is 24.9 Å². The number of piperidine rings is 1. The maximum Gasteiger partial charge on any atom is 0.202 e. The number of hydrogen-bond acceptors (Lipinski definition) is 14. The molecule has 14 nitrogen and oxygen atoms in total. The van der Waals surface area contributed by atoms with Gasteiger partial charge in [0.2, 0.25) is 5.96 Å². The van der Waals surface area contributed by atoms with Crippen molar-refractivity contribution in [3.63, 3.8) is 0 Å². The molecule has 14 heteroatoms. The Bertz CT molecular complexity index is 3360. The summed E-state index contributed by atoms with van der Waals surface area (Å²) in [6.45, 7) is 4.48. The van der Waals surface area contributed by atoms with Crippen LogP contribution in [0, 0.1) is 76.1 Å². The number of dihydropyridines is 1. The van der Waals surface area contributed by atoms with Gasteiger partial charge in [-0.25, -0.2) is 0 Å². The molecule has 0 radical (unpaired) electrons. The molecule has 466 valence electrons. The highest BCUT2D eigenvalue weighted by Crippen LogP contribution is 2.74. The minimum absolute atomic E-state index is 0.00354. The van der Waals surface area contributed by atoms with Crippen LogP contribution in [0.1, 0.15) is 125 Å². The number of fused-ring (bicyclic) bond motifs is 2. The van der Waals surface area contributed by atoms with Crippen molar-refractivity contribution in [3.8, 4) is 23.5 Å². The summed E-state index contributed by atoms with van der Waals surface area (Å²) in [4.78, 5) is 33.9. The first-order chi connectivity index (χ1) is 42.8. The molecule has 12 N–H and O–H groups in total. The molecule has 88 heavy (non-hydrogen) atoms. The number of methoxy groups -OCH3 is 1. The maximum absolute atomic E-state index is 14.7. The van der Waals surface area contributed by atoms with Crippen LogP contribution in [0.2, 0.25) is 0 Å². The van der Waals surface area contributed by atoms with E-state index in [1.54, 1.807) is 12.1 Å². The number of nitrogens with zero attached hydrogens (tertiary/aromatic N) is 1. The summed E-state index contributed by atoms with van der Waals surface area (Å²) in [6, 6.07) is 26.3. The minimum atomic E-state index is -0.588. The van der Waals surface area contributed by atoms with E-state index in [-0.39, 0.29) is 70.3 Å². The lowest BCUT2D eigenvalue weighted by Gasteiger charge is -2.56. The monoisotopic (exact) mass is 1190 g/mol. The SMILES string of the molecule is COc1cc2c(cc1O)CC1=CNC(N)C=C1C(Cc1cccc(CCc3ccccc3)c1)CC#CN=C(N)NC1CC3=CC(C(C)O)NC4CC5(CC6C7CCNCC7CC7C=CCNC76)CC(CCC5C45CCC(C1)C35)CC(=O)CC(=O)C=C2CO. The Balaban J connectivity index is 0.871. The number of aliphatic imine (C=N–C) groups is 1. The van der Waals surface area contributed by atoms with E-state index in [2.05, 4.69) is 105 Å². The van der Waals surface area contributed by atoms with Gasteiger partial charge in [-0.1, -0.05) is 84.3 Å². The Morgan fingerprint density at radius 2 is 1.77 bits per heavy atom. The first-order valence-corrected chi connectivity index (χ1v) is 33.4. The Morgan fingerprint density at radius 1 is 0.932 bits per heavy atom. The number of rotatable bonds is 10. The molecule has 6 fully saturated rings. The van der Waals surface area contributed by atoms with Gasteiger partial charge in [0.1, 0.15) is 5.78 Å². The highest BCUT2D eigenvalue weighted by molar-refractivity contribution is 6.08. The van der Waals surface area contributed by atoms with E-state index >= 15 is 0 Å². The molecule has 8 heterocycles. The average Bonchev–Trinajstić information content (AvgIpc) is 1.52. The third kappa shape index (κ3) is 12.3. The molecule has 1 spiro atoms. The predicted octanol–water partition coefficient (Wildman–Crippen LogP) is 8.26. The van der Waals surface area contributed by atoms with Crippen LogP contribution >= 0.6 is 0 Å². The fraction of sp³-hybridized carbons (Fsp3) is 0.554. The van der Waals surface area contributed by atoms with Gasteiger partial charge in [-0.15, -0.1) is 0 Å². The van der Waals surface area contributed by atoms with Crippen molar-refractivity contribution < 1.29 is 29.6 Å². The molecule has 3 aromatic carbocycles. The second kappa shape index (κ2) is 25.9. The molecule has 8 bridgehead atoms. The number of ether oxygens (including phenoxy) is 1. The smallest absolute Gasteiger partial charge is 0.202 e. The summed E-state index contributed by atoms with van der Waals surface area (Å²) in [5, 5.41) is 53.5. The Morgan fingerprint density at radius 3 is 2.61 bits per heavy atom. The molecule has 0 amide bonds. The highest BCUT2D eigenvalue weighted by Gasteiger charge is 2.70. The molecule has 5 aliphatic carbocycles. The van der Waals surface area contributed by atoms with E-state index in [1.165, 1.54) is 42.7 Å². The molecule has 3 aromatic rings. The zero-order chi connectivity index (χ0) is 60.7. The lowest BCUT2D eigenvalue weighted by Crippen LogP contribution is -2.57. The molecular weight excluding hydrogens is 1100 g/mol. The van der Waals surface area contributed by atoms with Gasteiger partial charge in [0.15, 0.2) is 17.3 Å². The van der Waals surface area contributed by atoms with E-state index in [4.69, 9.17) is 21.2 Å². The Kier molecular flexibility index (Phi) is 17.8. The number of nitrogens with two attached hydrogens (primary N) is 2. The number of Topliss-reactive ketones (excluding diaryl/α,β-unsaturated/α-hetero) is 1. The minimum Gasteiger partial charge on any atom is -0.504 e. The second-order valence-electron chi connectivity index (χ2n) is 28.5.